The number of aryl methyl sites for hydroxylation is 2. The number of hydrogen-bond acceptors (Lipinski definition) is 1. The van der Waals surface area contributed by atoms with Crippen LogP contribution in [0.25, 0.3) is 0 Å². The van der Waals surface area contributed by atoms with Gasteiger partial charge in [-0.25, -0.2) is 0 Å². The van der Waals surface area contributed by atoms with Crippen LogP contribution in [0.15, 0.2) is 12.1 Å². The Morgan fingerprint density at radius 2 is 0.460 bits per heavy atom. The fourth-order valence-corrected chi connectivity index (χ4v) is 10.3. The highest BCUT2D eigenvalue weighted by Gasteiger charge is 2.14. The van der Waals surface area contributed by atoms with Crippen molar-refractivity contribution in [3.63, 3.8) is 0 Å². The minimum Gasteiger partial charge on any atom is -0.366 e. The molecule has 0 aliphatic heterocycles. The molecular weight excluding hydrogens is 763 g/mol. The molecule has 0 bridgehead atoms. The third-order valence-corrected chi connectivity index (χ3v) is 14.6. The van der Waals surface area contributed by atoms with Crippen LogP contribution >= 0.6 is 0 Å². The summed E-state index contributed by atoms with van der Waals surface area (Å²) in [7, 11) is 0. The fraction of sp³-hybridized carbons (Fsp3) is 0.885. The SMILES string of the molecule is CCCCCCCCCCCCCCCCCCc1cc(C(N)=O)cc(CCCCCCCCCCCCCCCCCC)c1CCCCCCCCCCCCCCCCCC. The number of primary amides is 1. The Labute approximate surface area is 397 Å². The van der Waals surface area contributed by atoms with Crippen LogP contribution in [0.2, 0.25) is 0 Å². The molecule has 0 spiro atoms. The van der Waals surface area contributed by atoms with Gasteiger partial charge in [-0.05, 0) is 67.3 Å². The number of unbranched alkanes of at least 4 members (excludes halogenated alkanes) is 45. The largest absolute Gasteiger partial charge is 0.366 e. The lowest BCUT2D eigenvalue weighted by Crippen LogP contribution is -2.14. The summed E-state index contributed by atoms with van der Waals surface area (Å²) in [6, 6.07) is 4.40. The van der Waals surface area contributed by atoms with Crippen molar-refractivity contribution in [1.82, 2.24) is 0 Å². The zero-order chi connectivity index (χ0) is 45.4. The molecule has 2 N–H and O–H groups in total. The maximum absolute atomic E-state index is 12.6. The van der Waals surface area contributed by atoms with E-state index in [-0.39, 0.29) is 5.91 Å². The summed E-state index contributed by atoms with van der Waals surface area (Å²) in [5.74, 6) is -0.245. The molecule has 63 heavy (non-hydrogen) atoms. The molecule has 0 aliphatic carbocycles. The molecule has 370 valence electrons. The molecule has 1 aromatic carbocycles. The van der Waals surface area contributed by atoms with Crippen LogP contribution in [0.5, 0.6) is 0 Å². The summed E-state index contributed by atoms with van der Waals surface area (Å²) < 4.78 is 0. The van der Waals surface area contributed by atoms with Gasteiger partial charge in [0.05, 0.1) is 0 Å². The van der Waals surface area contributed by atoms with Crippen LogP contribution in [0, 0.1) is 0 Å². The van der Waals surface area contributed by atoms with Crippen molar-refractivity contribution in [2.75, 3.05) is 0 Å². The van der Waals surface area contributed by atoms with Gasteiger partial charge in [-0.15, -0.1) is 0 Å². The van der Waals surface area contributed by atoms with Crippen LogP contribution in [0.3, 0.4) is 0 Å². The summed E-state index contributed by atoms with van der Waals surface area (Å²) in [6.45, 7) is 6.92. The highest BCUT2D eigenvalue weighted by molar-refractivity contribution is 5.93. The van der Waals surface area contributed by atoms with Crippen molar-refractivity contribution in [1.29, 1.82) is 0 Å². The van der Waals surface area contributed by atoms with E-state index in [4.69, 9.17) is 5.73 Å². The Balaban J connectivity index is 2.48. The van der Waals surface area contributed by atoms with E-state index in [1.54, 1.807) is 5.56 Å². The molecule has 2 nitrogen and oxygen atoms in total. The summed E-state index contributed by atoms with van der Waals surface area (Å²) in [5.41, 5.74) is 11.2. The maximum atomic E-state index is 12.6. The van der Waals surface area contributed by atoms with Gasteiger partial charge in [0.15, 0.2) is 0 Å². The molecule has 1 aromatic rings. The lowest BCUT2D eigenvalue weighted by atomic mass is 9.88. The van der Waals surface area contributed by atoms with E-state index in [0.29, 0.717) is 0 Å². The van der Waals surface area contributed by atoms with E-state index in [2.05, 4.69) is 32.9 Å². The molecule has 1 rings (SSSR count). The molecule has 0 saturated heterocycles. The summed E-state index contributed by atoms with van der Waals surface area (Å²) in [6.07, 6.45) is 70.9. The topological polar surface area (TPSA) is 43.1 Å². The standard InChI is InChI=1S/C61H115NO/c1-4-7-10-13-16-19-22-25-28-31-34-37-40-43-46-49-52-57-55-59(61(62)63)56-58(53-50-47-44-41-38-35-32-29-26-23-20-17-14-11-8-5-2)60(57)54-51-48-45-42-39-36-33-30-27-24-21-18-15-12-9-6-3/h55-56H,4-54H2,1-3H3,(H2,62,63). The summed E-state index contributed by atoms with van der Waals surface area (Å²) >= 11 is 0. The van der Waals surface area contributed by atoms with Gasteiger partial charge >= 0.3 is 0 Å². The molecule has 1 amide bonds. The van der Waals surface area contributed by atoms with E-state index in [1.807, 2.05) is 0 Å². The number of benzene rings is 1. The molecule has 0 saturated carbocycles. The molecular formula is C61H115NO. The first-order valence-corrected chi connectivity index (χ1v) is 29.6. The number of carbonyl (C=O) groups is 1. The van der Waals surface area contributed by atoms with Gasteiger partial charge in [0, 0.05) is 5.56 Å². The monoisotopic (exact) mass is 878 g/mol. The number of hydrogen-bond donors (Lipinski definition) is 1. The predicted molar refractivity (Wildman–Crippen MR) is 285 cm³/mol. The molecule has 2 heteroatoms. The normalized spacial score (nSPS) is 11.6. The van der Waals surface area contributed by atoms with Crippen LogP contribution in [-0.2, 0) is 19.3 Å². The first-order valence-electron chi connectivity index (χ1n) is 29.6. The first-order chi connectivity index (χ1) is 31.1. The zero-order valence-electron chi connectivity index (χ0n) is 43.7. The second-order valence-electron chi connectivity index (χ2n) is 20.8. The van der Waals surface area contributed by atoms with Crippen molar-refractivity contribution >= 4 is 5.91 Å². The van der Waals surface area contributed by atoms with Gasteiger partial charge in [0.1, 0.15) is 0 Å². The minimum atomic E-state index is -0.245. The number of carbonyl (C=O) groups excluding carboxylic acids is 1. The number of amides is 1. The van der Waals surface area contributed by atoms with Gasteiger partial charge in [-0.3, -0.25) is 4.79 Å². The van der Waals surface area contributed by atoms with Gasteiger partial charge < -0.3 is 5.73 Å². The molecule has 0 heterocycles. The zero-order valence-corrected chi connectivity index (χ0v) is 43.7. The molecule has 0 radical (unpaired) electrons. The lowest BCUT2D eigenvalue weighted by Gasteiger charge is -2.17. The van der Waals surface area contributed by atoms with E-state index in [0.717, 1.165) is 18.4 Å². The van der Waals surface area contributed by atoms with E-state index in [9.17, 15) is 4.79 Å². The van der Waals surface area contributed by atoms with E-state index >= 15 is 0 Å². The summed E-state index contributed by atoms with van der Waals surface area (Å²) in [4.78, 5) is 12.6. The smallest absolute Gasteiger partial charge is 0.248 e. The predicted octanol–water partition coefficient (Wildman–Crippen LogP) is 21.2. The highest BCUT2D eigenvalue weighted by Crippen LogP contribution is 2.26. The Kier molecular flexibility index (Phi) is 46.1. The summed E-state index contributed by atoms with van der Waals surface area (Å²) in [5, 5.41) is 0. The first kappa shape index (κ1) is 59.7. The Bertz CT molecular complexity index is 1020. The van der Waals surface area contributed by atoms with Gasteiger partial charge in [-0.2, -0.15) is 0 Å². The van der Waals surface area contributed by atoms with E-state index in [1.165, 1.54) is 326 Å². The second-order valence-corrected chi connectivity index (χ2v) is 20.8. The average Bonchev–Trinajstić information content (AvgIpc) is 3.28. The lowest BCUT2D eigenvalue weighted by molar-refractivity contribution is 0.1000. The van der Waals surface area contributed by atoms with Crippen molar-refractivity contribution in [2.24, 2.45) is 5.73 Å². The highest BCUT2D eigenvalue weighted by atomic mass is 16.1. The molecule has 0 fully saturated rings. The quantitative estimate of drug-likeness (QED) is 0.0651. The van der Waals surface area contributed by atoms with Gasteiger partial charge in [-0.1, -0.05) is 310 Å². The van der Waals surface area contributed by atoms with Crippen molar-refractivity contribution in [3.05, 3.63) is 34.4 Å². The maximum Gasteiger partial charge on any atom is 0.248 e. The van der Waals surface area contributed by atoms with Crippen molar-refractivity contribution < 1.29 is 4.79 Å². The third kappa shape index (κ3) is 39.6. The van der Waals surface area contributed by atoms with Crippen LogP contribution in [-0.4, -0.2) is 5.91 Å². The molecule has 0 unspecified atom stereocenters. The average molecular weight is 879 g/mol. The minimum absolute atomic E-state index is 0.245. The molecule has 0 atom stereocenters. The van der Waals surface area contributed by atoms with Gasteiger partial charge in [0.2, 0.25) is 5.91 Å². The second kappa shape index (κ2) is 48.6. The number of nitrogens with two attached hydrogens (primary N) is 1. The Morgan fingerprint density at radius 3 is 0.651 bits per heavy atom. The van der Waals surface area contributed by atoms with Crippen molar-refractivity contribution in [2.45, 2.75) is 348 Å². The van der Waals surface area contributed by atoms with Crippen LogP contribution in [0.1, 0.15) is 356 Å². The van der Waals surface area contributed by atoms with Crippen LogP contribution < -0.4 is 5.73 Å². The van der Waals surface area contributed by atoms with Crippen LogP contribution in [0.4, 0.5) is 0 Å². The van der Waals surface area contributed by atoms with E-state index < -0.39 is 0 Å². The van der Waals surface area contributed by atoms with Crippen molar-refractivity contribution in [3.8, 4) is 0 Å². The Morgan fingerprint density at radius 1 is 0.286 bits per heavy atom. The molecule has 0 aromatic heterocycles. The Hall–Kier alpha value is -1.31. The third-order valence-electron chi connectivity index (χ3n) is 14.6. The number of rotatable bonds is 52. The van der Waals surface area contributed by atoms with Gasteiger partial charge in [0.25, 0.3) is 0 Å². The fourth-order valence-electron chi connectivity index (χ4n) is 10.3. The molecule has 0 aliphatic rings.